The molecule has 12 heteroatoms. The van der Waals surface area contributed by atoms with Crippen LogP contribution in [0, 0.1) is 0 Å². The van der Waals surface area contributed by atoms with E-state index in [1.165, 1.54) is 0 Å². The van der Waals surface area contributed by atoms with Crippen LogP contribution in [0.15, 0.2) is 48.5 Å². The first-order chi connectivity index (χ1) is 15.4. The minimum absolute atomic E-state index is 0.0789. The Morgan fingerprint density at radius 1 is 0.625 bits per heavy atom. The summed E-state index contributed by atoms with van der Waals surface area (Å²) >= 11 is 12.4. The van der Waals surface area contributed by atoms with Gasteiger partial charge in [0, 0.05) is 36.8 Å². The molecule has 0 amide bonds. The Bertz CT molecular complexity index is 1220. The SMILES string of the molecule is CN1c2cccc(c2)N(C)c2nc(Cl)nc(n2)Nc2cccc(c2)Nc2nc(Cl)nc1n2. The number of nitrogens with zero attached hydrogens (tertiary/aromatic N) is 8. The third-order valence-corrected chi connectivity index (χ3v) is 5.11. The second kappa shape index (κ2) is 8.06. The predicted octanol–water partition coefficient (Wildman–Crippen LogP) is 4.70. The number of anilines is 8. The monoisotopic (exact) mass is 466 g/mol. The Morgan fingerprint density at radius 2 is 1.09 bits per heavy atom. The lowest BCUT2D eigenvalue weighted by molar-refractivity contribution is 0.981. The second-order valence-corrected chi connectivity index (χ2v) is 7.60. The van der Waals surface area contributed by atoms with Gasteiger partial charge in [0.15, 0.2) is 0 Å². The summed E-state index contributed by atoms with van der Waals surface area (Å²) in [5.74, 6) is 1.41. The molecule has 10 nitrogen and oxygen atoms in total. The largest absolute Gasteiger partial charge is 0.324 e. The van der Waals surface area contributed by atoms with E-state index in [0.717, 1.165) is 22.7 Å². The average Bonchev–Trinajstić information content (AvgIpc) is 2.77. The lowest BCUT2D eigenvalue weighted by Crippen LogP contribution is -2.17. The van der Waals surface area contributed by atoms with Crippen LogP contribution in [0.3, 0.4) is 0 Å². The van der Waals surface area contributed by atoms with Gasteiger partial charge in [-0.1, -0.05) is 12.1 Å². The van der Waals surface area contributed by atoms with Gasteiger partial charge < -0.3 is 20.4 Å². The number of aromatic nitrogens is 6. The number of hydrogen-bond donors (Lipinski definition) is 2. The molecule has 8 bridgehead atoms. The molecule has 0 aliphatic carbocycles. The fourth-order valence-electron chi connectivity index (χ4n) is 3.17. The molecule has 2 aromatic heterocycles. The minimum Gasteiger partial charge on any atom is -0.324 e. The van der Waals surface area contributed by atoms with Crippen molar-refractivity contribution >= 4 is 69.7 Å². The Kier molecular flexibility index (Phi) is 5.08. The normalized spacial score (nSPS) is 12.8. The average molecular weight is 467 g/mol. The van der Waals surface area contributed by atoms with Crippen molar-refractivity contribution in [3.8, 4) is 0 Å². The van der Waals surface area contributed by atoms with Crippen LogP contribution in [0.4, 0.5) is 46.5 Å². The molecule has 1 aliphatic heterocycles. The van der Waals surface area contributed by atoms with E-state index in [2.05, 4.69) is 40.5 Å². The molecule has 4 aromatic rings. The molecule has 0 fully saturated rings. The molecule has 160 valence electrons. The molecular formula is C20H16Cl2N10. The number of nitrogens with one attached hydrogen (secondary N) is 2. The summed E-state index contributed by atoms with van der Waals surface area (Å²) in [6, 6.07) is 15.2. The van der Waals surface area contributed by atoms with Gasteiger partial charge in [-0.05, 0) is 59.6 Å². The van der Waals surface area contributed by atoms with E-state index in [1.807, 2.05) is 72.4 Å². The zero-order valence-corrected chi connectivity index (χ0v) is 18.5. The maximum Gasteiger partial charge on any atom is 0.235 e. The van der Waals surface area contributed by atoms with Crippen molar-refractivity contribution in [1.82, 2.24) is 29.9 Å². The van der Waals surface area contributed by atoms with Crippen molar-refractivity contribution < 1.29 is 0 Å². The van der Waals surface area contributed by atoms with Crippen LogP contribution < -0.4 is 20.4 Å². The third kappa shape index (κ3) is 4.05. The van der Waals surface area contributed by atoms with Gasteiger partial charge in [0.1, 0.15) is 0 Å². The number of rotatable bonds is 0. The van der Waals surface area contributed by atoms with Crippen molar-refractivity contribution in [2.24, 2.45) is 0 Å². The molecular weight excluding hydrogens is 451 g/mol. The minimum atomic E-state index is 0.0789. The molecule has 2 aromatic carbocycles. The Balaban J connectivity index is 1.69. The van der Waals surface area contributed by atoms with Gasteiger partial charge in [-0.25, -0.2) is 0 Å². The summed E-state index contributed by atoms with van der Waals surface area (Å²) in [6.45, 7) is 0. The molecule has 0 saturated carbocycles. The van der Waals surface area contributed by atoms with Crippen LogP contribution in [0.2, 0.25) is 10.6 Å². The van der Waals surface area contributed by atoms with Gasteiger partial charge in [0.25, 0.3) is 0 Å². The molecule has 3 heterocycles. The highest BCUT2D eigenvalue weighted by Gasteiger charge is 2.16. The zero-order chi connectivity index (χ0) is 22.2. The van der Waals surface area contributed by atoms with Crippen molar-refractivity contribution in [2.75, 3.05) is 34.5 Å². The first-order valence-electron chi connectivity index (χ1n) is 9.49. The zero-order valence-electron chi connectivity index (χ0n) is 17.0. The van der Waals surface area contributed by atoms with Gasteiger partial charge in [-0.2, -0.15) is 29.9 Å². The van der Waals surface area contributed by atoms with Crippen LogP contribution in [0.25, 0.3) is 0 Å². The van der Waals surface area contributed by atoms with Crippen LogP contribution >= 0.6 is 23.2 Å². The van der Waals surface area contributed by atoms with Gasteiger partial charge >= 0.3 is 0 Å². The number of benzene rings is 2. The van der Waals surface area contributed by atoms with Crippen LogP contribution in [-0.4, -0.2) is 44.0 Å². The quantitative estimate of drug-likeness (QED) is 0.378. The summed E-state index contributed by atoms with van der Waals surface area (Å²) in [6.07, 6.45) is 0. The first-order valence-corrected chi connectivity index (χ1v) is 10.2. The van der Waals surface area contributed by atoms with Crippen molar-refractivity contribution in [3.63, 3.8) is 0 Å². The van der Waals surface area contributed by atoms with E-state index in [9.17, 15) is 0 Å². The maximum atomic E-state index is 6.19. The molecule has 5 rings (SSSR count). The highest BCUT2D eigenvalue weighted by molar-refractivity contribution is 6.28. The van der Waals surface area contributed by atoms with E-state index in [0.29, 0.717) is 23.8 Å². The molecule has 0 unspecified atom stereocenters. The number of fused-ring (bicyclic) bond motifs is 8. The molecule has 32 heavy (non-hydrogen) atoms. The van der Waals surface area contributed by atoms with Crippen molar-refractivity contribution in [1.29, 1.82) is 0 Å². The number of hydrogen-bond acceptors (Lipinski definition) is 10. The maximum absolute atomic E-state index is 6.19. The van der Waals surface area contributed by atoms with E-state index < -0.39 is 0 Å². The lowest BCUT2D eigenvalue weighted by Gasteiger charge is -2.22. The highest BCUT2D eigenvalue weighted by Crippen LogP contribution is 2.30. The molecule has 0 saturated heterocycles. The van der Waals surface area contributed by atoms with E-state index in [4.69, 9.17) is 23.2 Å². The van der Waals surface area contributed by atoms with Gasteiger partial charge in [-0.3, -0.25) is 0 Å². The summed E-state index contributed by atoms with van der Waals surface area (Å²) in [5, 5.41) is 6.47. The summed E-state index contributed by atoms with van der Waals surface area (Å²) in [5.41, 5.74) is 3.13. The van der Waals surface area contributed by atoms with E-state index >= 15 is 0 Å². The Morgan fingerprint density at radius 3 is 1.59 bits per heavy atom. The van der Waals surface area contributed by atoms with Crippen LogP contribution in [0.5, 0.6) is 0 Å². The molecule has 1 aliphatic rings. The summed E-state index contributed by atoms with van der Waals surface area (Å²) in [4.78, 5) is 29.6. The van der Waals surface area contributed by atoms with Crippen molar-refractivity contribution in [3.05, 3.63) is 59.1 Å². The molecule has 0 atom stereocenters. The topological polar surface area (TPSA) is 108 Å². The lowest BCUT2D eigenvalue weighted by atomic mass is 10.2. The van der Waals surface area contributed by atoms with Crippen molar-refractivity contribution in [2.45, 2.75) is 0 Å². The summed E-state index contributed by atoms with van der Waals surface area (Å²) < 4.78 is 0. The van der Waals surface area contributed by atoms with Crippen LogP contribution in [0.1, 0.15) is 0 Å². The Labute approximate surface area is 193 Å². The predicted molar refractivity (Wildman–Crippen MR) is 125 cm³/mol. The molecule has 2 N–H and O–H groups in total. The second-order valence-electron chi connectivity index (χ2n) is 6.92. The van der Waals surface area contributed by atoms with Gasteiger partial charge in [0.05, 0.1) is 0 Å². The standard InChI is InChI=1S/C20H16Cl2N10/c1-31-13-7-4-8-14(10-13)32(2)20-28-16(22)26-18(30-20)24-12-6-3-5-11(9-12)23-17-25-15(21)27-19(31)29-17/h3-10H,1-2H3,(H,23,25,27,29)(H,24,26,28,30). The number of halogens is 2. The smallest absolute Gasteiger partial charge is 0.235 e. The van der Waals surface area contributed by atoms with Crippen LogP contribution in [-0.2, 0) is 0 Å². The fraction of sp³-hybridized carbons (Fsp3) is 0.100. The fourth-order valence-corrected chi connectivity index (χ4v) is 3.48. The first kappa shape index (κ1) is 20.2. The van der Waals surface area contributed by atoms with E-state index in [1.54, 1.807) is 0 Å². The Hall–Kier alpha value is -3.76. The highest BCUT2D eigenvalue weighted by atomic mass is 35.5. The third-order valence-electron chi connectivity index (χ3n) is 4.77. The summed E-state index contributed by atoms with van der Waals surface area (Å²) in [7, 11) is 3.69. The molecule has 0 radical (unpaired) electrons. The van der Waals surface area contributed by atoms with Gasteiger partial charge in [-0.15, -0.1) is 0 Å². The van der Waals surface area contributed by atoms with E-state index in [-0.39, 0.29) is 10.6 Å². The van der Waals surface area contributed by atoms with Gasteiger partial charge in [0.2, 0.25) is 34.4 Å². The molecule has 0 spiro atoms.